The van der Waals surface area contributed by atoms with E-state index in [1.807, 2.05) is 0 Å². The number of hydrogen-bond donors (Lipinski definition) is 1. The largest absolute Gasteiger partial charge is 0.474 e. The molecule has 6 nitrogen and oxygen atoms in total. The molecule has 1 atom stereocenters. The van der Waals surface area contributed by atoms with Crippen LogP contribution in [0.1, 0.15) is 67.7 Å². The van der Waals surface area contributed by atoms with Crippen LogP contribution in [0.25, 0.3) is 10.2 Å². The summed E-state index contributed by atoms with van der Waals surface area (Å²) in [6.45, 7) is 0. The fourth-order valence-electron chi connectivity index (χ4n) is 4.78. The fraction of sp³-hybridized carbons (Fsp3) is 0.667. The Kier molecular flexibility index (Phi) is 5.83. The first-order valence-corrected chi connectivity index (χ1v) is 11.2. The molecule has 0 unspecified atom stereocenters. The van der Waals surface area contributed by atoms with E-state index >= 15 is 0 Å². The minimum Gasteiger partial charge on any atom is -0.474 e. The van der Waals surface area contributed by atoms with Gasteiger partial charge in [-0.25, -0.2) is 9.97 Å². The van der Waals surface area contributed by atoms with Crippen molar-refractivity contribution in [2.45, 2.75) is 75.9 Å². The second kappa shape index (κ2) is 8.33. The zero-order valence-electron chi connectivity index (χ0n) is 16.8. The maximum Gasteiger partial charge on any atom is 0.225 e. The van der Waals surface area contributed by atoms with Gasteiger partial charge < -0.3 is 15.4 Å². The summed E-state index contributed by atoms with van der Waals surface area (Å²) >= 11 is 1.76. The fourth-order valence-corrected chi connectivity index (χ4v) is 6.03. The SMILES string of the molecule is CN(C)C1CCC(Oc2ncnc3sc4c(c23)[C@@H](CCC(N)=O)CCC4)CC1. The van der Waals surface area contributed by atoms with Crippen molar-refractivity contribution in [1.29, 1.82) is 0 Å². The van der Waals surface area contributed by atoms with E-state index in [9.17, 15) is 4.79 Å². The first-order chi connectivity index (χ1) is 13.5. The van der Waals surface area contributed by atoms with Crippen LogP contribution in [0, 0.1) is 0 Å². The van der Waals surface area contributed by atoms with Crippen LogP contribution < -0.4 is 10.5 Å². The van der Waals surface area contributed by atoms with Crippen LogP contribution in [0.2, 0.25) is 0 Å². The molecule has 28 heavy (non-hydrogen) atoms. The standard InChI is InChI=1S/C21H30N4O2S/c1-25(2)14-7-9-15(10-8-14)27-20-19-18-13(6-11-17(22)26)4-3-5-16(18)28-21(19)24-12-23-20/h12-15H,3-11H2,1-2H3,(H2,22,26)/t13-,14?,15?/m1/s1. The molecule has 1 saturated carbocycles. The van der Waals surface area contributed by atoms with Crippen molar-refractivity contribution in [3.8, 4) is 5.88 Å². The van der Waals surface area contributed by atoms with Crippen molar-refractivity contribution in [1.82, 2.24) is 14.9 Å². The number of fused-ring (bicyclic) bond motifs is 3. The van der Waals surface area contributed by atoms with Crippen molar-refractivity contribution in [3.63, 3.8) is 0 Å². The molecule has 2 N–H and O–H groups in total. The highest BCUT2D eigenvalue weighted by molar-refractivity contribution is 7.18. The van der Waals surface area contributed by atoms with Crippen LogP contribution in [0.3, 0.4) is 0 Å². The Morgan fingerprint density at radius 1 is 1.25 bits per heavy atom. The molecule has 2 heterocycles. The Morgan fingerprint density at radius 3 is 2.75 bits per heavy atom. The number of thiophene rings is 1. The molecule has 0 spiro atoms. The molecule has 7 heteroatoms. The van der Waals surface area contributed by atoms with Gasteiger partial charge in [-0.1, -0.05) is 0 Å². The Bertz CT molecular complexity index is 842. The first kappa shape index (κ1) is 19.6. The van der Waals surface area contributed by atoms with Gasteiger partial charge in [0, 0.05) is 17.3 Å². The number of nitrogens with two attached hydrogens (primary N) is 1. The molecule has 2 aliphatic carbocycles. The number of carbonyl (C=O) groups is 1. The lowest BCUT2D eigenvalue weighted by Gasteiger charge is -2.32. The second-order valence-electron chi connectivity index (χ2n) is 8.40. The number of primary amides is 1. The van der Waals surface area contributed by atoms with Crippen LogP contribution in [0.4, 0.5) is 0 Å². The van der Waals surface area contributed by atoms with Gasteiger partial charge in [-0.15, -0.1) is 11.3 Å². The molecule has 1 amide bonds. The molecular weight excluding hydrogens is 372 g/mol. The molecule has 4 rings (SSSR count). The number of aromatic nitrogens is 2. The minimum atomic E-state index is -0.225. The van der Waals surface area contributed by atoms with Crippen molar-refractivity contribution in [3.05, 3.63) is 16.8 Å². The molecular formula is C21H30N4O2S. The van der Waals surface area contributed by atoms with Crippen molar-refractivity contribution < 1.29 is 9.53 Å². The summed E-state index contributed by atoms with van der Waals surface area (Å²) in [5.74, 6) is 0.863. The van der Waals surface area contributed by atoms with E-state index in [4.69, 9.17) is 10.5 Å². The summed E-state index contributed by atoms with van der Waals surface area (Å²) in [5, 5.41) is 1.09. The topological polar surface area (TPSA) is 81.3 Å². The van der Waals surface area contributed by atoms with Crippen LogP contribution in [0.15, 0.2) is 6.33 Å². The summed E-state index contributed by atoms with van der Waals surface area (Å²) in [6, 6.07) is 0.650. The summed E-state index contributed by atoms with van der Waals surface area (Å²) in [6.07, 6.45) is 10.9. The van der Waals surface area contributed by atoms with Crippen LogP contribution in [-0.2, 0) is 11.2 Å². The van der Waals surface area contributed by atoms with E-state index in [0.29, 0.717) is 18.4 Å². The maximum atomic E-state index is 11.3. The molecule has 0 radical (unpaired) electrons. The predicted octanol–water partition coefficient (Wildman–Crippen LogP) is 3.63. The maximum absolute atomic E-state index is 11.3. The predicted molar refractivity (Wildman–Crippen MR) is 112 cm³/mol. The van der Waals surface area contributed by atoms with Crippen molar-refractivity contribution in [2.75, 3.05) is 14.1 Å². The normalized spacial score (nSPS) is 25.0. The van der Waals surface area contributed by atoms with E-state index in [0.717, 1.165) is 67.5 Å². The number of nitrogens with zero attached hydrogens (tertiary/aromatic N) is 3. The molecule has 0 aromatic carbocycles. The van der Waals surface area contributed by atoms with Gasteiger partial charge in [0.15, 0.2) is 0 Å². The van der Waals surface area contributed by atoms with Gasteiger partial charge in [0.2, 0.25) is 11.8 Å². The van der Waals surface area contributed by atoms with Crippen LogP contribution >= 0.6 is 11.3 Å². The van der Waals surface area contributed by atoms with Crippen molar-refractivity contribution in [2.24, 2.45) is 5.73 Å². The van der Waals surface area contributed by atoms with Gasteiger partial charge in [0.25, 0.3) is 0 Å². The number of ether oxygens (including phenoxy) is 1. The molecule has 152 valence electrons. The highest BCUT2D eigenvalue weighted by Crippen LogP contribution is 2.46. The summed E-state index contributed by atoms with van der Waals surface area (Å²) < 4.78 is 6.44. The Balaban J connectivity index is 1.59. The number of rotatable bonds is 6. The summed E-state index contributed by atoms with van der Waals surface area (Å²) in [4.78, 5) is 25.1. The average molecular weight is 403 g/mol. The smallest absolute Gasteiger partial charge is 0.225 e. The number of aryl methyl sites for hydroxylation is 1. The molecule has 2 aromatic rings. The van der Waals surface area contributed by atoms with Crippen LogP contribution in [0.5, 0.6) is 5.88 Å². The monoisotopic (exact) mass is 402 g/mol. The first-order valence-electron chi connectivity index (χ1n) is 10.4. The van der Waals surface area contributed by atoms with Gasteiger partial charge in [-0.3, -0.25) is 4.79 Å². The quantitative estimate of drug-likeness (QED) is 0.798. The molecule has 2 aromatic heterocycles. The van der Waals surface area contributed by atoms with Gasteiger partial charge >= 0.3 is 0 Å². The molecule has 2 aliphatic rings. The molecule has 1 fully saturated rings. The van der Waals surface area contributed by atoms with Crippen LogP contribution in [-0.4, -0.2) is 47.0 Å². The van der Waals surface area contributed by atoms with Crippen molar-refractivity contribution >= 4 is 27.5 Å². The average Bonchev–Trinajstić information content (AvgIpc) is 3.07. The van der Waals surface area contributed by atoms with Gasteiger partial charge in [-0.2, -0.15) is 0 Å². The van der Waals surface area contributed by atoms with E-state index in [1.54, 1.807) is 17.7 Å². The Hall–Kier alpha value is -1.73. The molecule has 0 saturated heterocycles. The third kappa shape index (κ3) is 4.01. The van der Waals surface area contributed by atoms with Gasteiger partial charge in [0.05, 0.1) is 5.39 Å². The number of amides is 1. The third-order valence-corrected chi connectivity index (χ3v) is 7.50. The minimum absolute atomic E-state index is 0.220. The Labute approximate surface area is 170 Å². The Morgan fingerprint density at radius 2 is 2.04 bits per heavy atom. The van der Waals surface area contributed by atoms with E-state index in [1.165, 1.54) is 10.4 Å². The number of carbonyl (C=O) groups excluding carboxylic acids is 1. The molecule has 0 bridgehead atoms. The van der Waals surface area contributed by atoms with E-state index in [2.05, 4.69) is 29.0 Å². The number of hydrogen-bond acceptors (Lipinski definition) is 6. The zero-order valence-corrected chi connectivity index (χ0v) is 17.6. The highest BCUT2D eigenvalue weighted by atomic mass is 32.1. The lowest BCUT2D eigenvalue weighted by atomic mass is 9.83. The molecule has 0 aliphatic heterocycles. The summed E-state index contributed by atoms with van der Waals surface area (Å²) in [5.41, 5.74) is 6.74. The van der Waals surface area contributed by atoms with E-state index < -0.39 is 0 Å². The van der Waals surface area contributed by atoms with E-state index in [-0.39, 0.29) is 12.0 Å². The third-order valence-electron chi connectivity index (χ3n) is 6.32. The lowest BCUT2D eigenvalue weighted by molar-refractivity contribution is -0.118. The lowest BCUT2D eigenvalue weighted by Crippen LogP contribution is -2.35. The van der Waals surface area contributed by atoms with Gasteiger partial charge in [0.1, 0.15) is 17.3 Å². The zero-order chi connectivity index (χ0) is 19.7. The highest BCUT2D eigenvalue weighted by Gasteiger charge is 2.30. The van der Waals surface area contributed by atoms with Gasteiger partial charge in [-0.05, 0) is 76.9 Å². The second-order valence-corrected chi connectivity index (χ2v) is 9.49. The summed E-state index contributed by atoms with van der Waals surface area (Å²) in [7, 11) is 4.31.